The fourth-order valence-corrected chi connectivity index (χ4v) is 4.47. The van der Waals surface area contributed by atoms with Gasteiger partial charge in [0.05, 0.1) is 9.90 Å². The van der Waals surface area contributed by atoms with Gasteiger partial charge in [0.1, 0.15) is 18.5 Å². The normalized spacial score (nSPS) is 15.6. The molecule has 1 amide bonds. The first kappa shape index (κ1) is 17.8. The smallest absolute Gasteiger partial charge is 0.404 e. The monoisotopic (exact) mass is 379 g/mol. The minimum Gasteiger partial charge on any atom is -0.485 e. The molecular formula is C18H18ClNO4S. The van der Waals surface area contributed by atoms with Crippen molar-refractivity contribution in [2.75, 3.05) is 6.61 Å². The predicted octanol–water partition coefficient (Wildman–Crippen LogP) is 4.29. The Bertz CT molecular complexity index is 874. The molecule has 1 aliphatic heterocycles. The van der Waals surface area contributed by atoms with Gasteiger partial charge < -0.3 is 15.2 Å². The molecule has 25 heavy (non-hydrogen) atoms. The molecule has 2 N–H and O–H groups in total. The molecule has 0 fully saturated rings. The third-order valence-corrected chi connectivity index (χ3v) is 6.12. The summed E-state index contributed by atoms with van der Waals surface area (Å²) in [5.74, 6) is 0.678. The van der Waals surface area contributed by atoms with Crippen LogP contribution in [-0.4, -0.2) is 24.6 Å². The Morgan fingerprint density at radius 2 is 2.08 bits per heavy atom. The van der Waals surface area contributed by atoms with Gasteiger partial charge in [0, 0.05) is 16.9 Å². The van der Waals surface area contributed by atoms with Gasteiger partial charge in [-0.2, -0.15) is 0 Å². The van der Waals surface area contributed by atoms with Crippen LogP contribution in [0.5, 0.6) is 5.75 Å². The number of hydrogen-bond acceptors (Lipinski definition) is 5. The van der Waals surface area contributed by atoms with Crippen LogP contribution < -0.4 is 10.5 Å². The molecule has 1 atom stereocenters. The second kappa shape index (κ2) is 6.69. The topological polar surface area (TPSA) is 78.6 Å². The van der Waals surface area contributed by atoms with E-state index in [-0.39, 0.29) is 18.5 Å². The number of ether oxygens (including phenoxy) is 2. The summed E-state index contributed by atoms with van der Waals surface area (Å²) in [4.78, 5) is 24.4. The number of nitrogens with two attached hydrogens (primary N) is 1. The number of halogens is 1. The Kier molecular flexibility index (Phi) is 4.75. The van der Waals surface area contributed by atoms with Crippen molar-refractivity contribution in [2.24, 2.45) is 5.73 Å². The molecule has 5 nitrogen and oxygen atoms in total. The van der Waals surface area contributed by atoms with Crippen molar-refractivity contribution in [1.29, 1.82) is 0 Å². The molecular weight excluding hydrogens is 362 g/mol. The lowest BCUT2D eigenvalue weighted by molar-refractivity contribution is 0.0989. The highest BCUT2D eigenvalue weighted by Crippen LogP contribution is 2.43. The molecule has 3 rings (SSSR count). The van der Waals surface area contributed by atoms with Crippen LogP contribution in [0.15, 0.2) is 12.1 Å². The Labute approximate surface area is 154 Å². The zero-order valence-corrected chi connectivity index (χ0v) is 15.7. The van der Waals surface area contributed by atoms with Gasteiger partial charge in [-0.3, -0.25) is 4.79 Å². The van der Waals surface area contributed by atoms with Crippen LogP contribution >= 0.6 is 22.9 Å². The van der Waals surface area contributed by atoms with Crippen molar-refractivity contribution in [3.8, 4) is 16.2 Å². The van der Waals surface area contributed by atoms with E-state index in [0.717, 1.165) is 32.0 Å². The zero-order chi connectivity index (χ0) is 18.3. The molecule has 2 heterocycles. The molecule has 2 aromatic rings. The van der Waals surface area contributed by atoms with E-state index in [9.17, 15) is 9.59 Å². The van der Waals surface area contributed by atoms with Crippen LogP contribution in [0.3, 0.4) is 0 Å². The maximum absolute atomic E-state index is 11.8. The largest absolute Gasteiger partial charge is 0.485 e. The lowest BCUT2D eigenvalue weighted by atomic mass is 10.0. The summed E-state index contributed by atoms with van der Waals surface area (Å²) < 4.78 is 10.6. The maximum Gasteiger partial charge on any atom is 0.404 e. The quantitative estimate of drug-likeness (QED) is 0.804. The van der Waals surface area contributed by atoms with E-state index in [1.807, 2.05) is 26.0 Å². The third kappa shape index (κ3) is 3.37. The van der Waals surface area contributed by atoms with E-state index in [4.69, 9.17) is 26.8 Å². The number of carbonyl (C=O) groups is 2. The van der Waals surface area contributed by atoms with Gasteiger partial charge in [0.15, 0.2) is 5.78 Å². The highest BCUT2D eigenvalue weighted by molar-refractivity contribution is 7.17. The second-order valence-corrected chi connectivity index (χ2v) is 7.51. The molecule has 132 valence electrons. The minimum atomic E-state index is -0.826. The van der Waals surface area contributed by atoms with Gasteiger partial charge in [-0.1, -0.05) is 11.6 Å². The number of rotatable bonds is 4. The second-order valence-electron chi connectivity index (χ2n) is 6.09. The first-order valence-electron chi connectivity index (χ1n) is 7.80. The lowest BCUT2D eigenvalue weighted by Crippen LogP contribution is -2.25. The van der Waals surface area contributed by atoms with Gasteiger partial charge in [-0.05, 0) is 49.6 Å². The van der Waals surface area contributed by atoms with E-state index in [2.05, 4.69) is 0 Å². The van der Waals surface area contributed by atoms with Gasteiger partial charge in [0.25, 0.3) is 0 Å². The fourth-order valence-electron chi connectivity index (χ4n) is 2.99. The lowest BCUT2D eigenvalue weighted by Gasteiger charge is -2.10. The fraction of sp³-hybridized carbons (Fsp3) is 0.333. The number of carbonyl (C=O) groups excluding carboxylic acids is 2. The standard InChI is InChI=1S/C18H18ClNO4S/c1-8-9(2)17(25-16(8)10(3)21)12-4-11-5-13(7-23-18(20)22)24-15(11)14(19)6-12/h4,6,13H,5,7H2,1-3H3,(H2,20,22). The van der Waals surface area contributed by atoms with E-state index in [1.165, 1.54) is 11.3 Å². The predicted molar refractivity (Wildman–Crippen MR) is 97.9 cm³/mol. The van der Waals surface area contributed by atoms with E-state index < -0.39 is 6.09 Å². The average molecular weight is 380 g/mol. The first-order valence-corrected chi connectivity index (χ1v) is 9.00. The maximum atomic E-state index is 11.8. The molecule has 0 aliphatic carbocycles. The van der Waals surface area contributed by atoms with Crippen LogP contribution in [0.25, 0.3) is 10.4 Å². The van der Waals surface area contributed by atoms with E-state index >= 15 is 0 Å². The zero-order valence-electron chi connectivity index (χ0n) is 14.1. The number of ketones is 1. The number of amides is 1. The third-order valence-electron chi connectivity index (χ3n) is 4.29. The Hall–Kier alpha value is -2.05. The summed E-state index contributed by atoms with van der Waals surface area (Å²) in [5.41, 5.74) is 9.00. The molecule has 1 aromatic carbocycles. The van der Waals surface area contributed by atoms with Gasteiger partial charge in [-0.15, -0.1) is 11.3 Å². The Morgan fingerprint density at radius 3 is 2.68 bits per heavy atom. The summed E-state index contributed by atoms with van der Waals surface area (Å²) in [5, 5.41) is 0.504. The molecule has 0 radical (unpaired) electrons. The highest BCUT2D eigenvalue weighted by Gasteiger charge is 2.28. The minimum absolute atomic E-state index is 0.0658. The van der Waals surface area contributed by atoms with Crippen molar-refractivity contribution in [2.45, 2.75) is 33.3 Å². The molecule has 7 heteroatoms. The summed E-state index contributed by atoms with van der Waals surface area (Å²) in [6, 6.07) is 3.87. The summed E-state index contributed by atoms with van der Waals surface area (Å²) in [6.45, 7) is 5.63. The molecule has 0 bridgehead atoms. The van der Waals surface area contributed by atoms with Crippen molar-refractivity contribution >= 4 is 34.8 Å². The molecule has 1 aliphatic rings. The summed E-state index contributed by atoms with van der Waals surface area (Å²) in [7, 11) is 0. The molecule has 1 aromatic heterocycles. The number of hydrogen-bond donors (Lipinski definition) is 1. The van der Waals surface area contributed by atoms with Crippen molar-refractivity contribution < 1.29 is 19.1 Å². The van der Waals surface area contributed by atoms with Crippen molar-refractivity contribution in [1.82, 2.24) is 0 Å². The van der Waals surface area contributed by atoms with Crippen LogP contribution in [0.4, 0.5) is 4.79 Å². The van der Waals surface area contributed by atoms with Gasteiger partial charge >= 0.3 is 6.09 Å². The summed E-state index contributed by atoms with van der Waals surface area (Å²) in [6.07, 6.45) is -0.541. The Balaban J connectivity index is 1.94. The number of primary amides is 1. The Morgan fingerprint density at radius 1 is 1.36 bits per heavy atom. The number of thiophene rings is 1. The molecule has 0 spiro atoms. The van der Waals surface area contributed by atoms with E-state index in [1.54, 1.807) is 6.92 Å². The first-order chi connectivity index (χ1) is 11.8. The van der Waals surface area contributed by atoms with Crippen molar-refractivity contribution in [3.05, 3.63) is 38.7 Å². The van der Waals surface area contributed by atoms with Crippen LogP contribution in [0.1, 0.15) is 33.3 Å². The number of fused-ring (bicyclic) bond motifs is 1. The van der Waals surface area contributed by atoms with Gasteiger partial charge in [0.2, 0.25) is 0 Å². The molecule has 0 saturated heterocycles. The average Bonchev–Trinajstić information content (AvgIpc) is 3.08. The van der Waals surface area contributed by atoms with Crippen molar-refractivity contribution in [3.63, 3.8) is 0 Å². The number of Topliss-reactive ketones (excluding diaryl/α,β-unsaturated/α-hetero) is 1. The summed E-state index contributed by atoms with van der Waals surface area (Å²) >= 11 is 7.88. The number of benzene rings is 1. The van der Waals surface area contributed by atoms with E-state index in [0.29, 0.717) is 17.2 Å². The molecule has 1 unspecified atom stereocenters. The van der Waals surface area contributed by atoms with Crippen LogP contribution in [-0.2, 0) is 11.2 Å². The SMILES string of the molecule is CC(=O)c1sc(-c2cc(Cl)c3c(c2)CC(COC(N)=O)O3)c(C)c1C. The van der Waals surface area contributed by atoms with Crippen LogP contribution in [0, 0.1) is 13.8 Å². The van der Waals surface area contributed by atoms with Gasteiger partial charge in [-0.25, -0.2) is 4.79 Å². The van der Waals surface area contributed by atoms with Crippen LogP contribution in [0.2, 0.25) is 5.02 Å². The molecule has 0 saturated carbocycles. The highest BCUT2D eigenvalue weighted by atomic mass is 35.5.